The quantitative estimate of drug-likeness (QED) is 0.0687. The average molecular weight is 528 g/mol. The molecule has 37 heavy (non-hydrogen) atoms. The van der Waals surface area contributed by atoms with Crippen molar-refractivity contribution < 1.29 is 28.5 Å². The van der Waals surface area contributed by atoms with Crippen LogP contribution >= 0.6 is 0 Å². The van der Waals surface area contributed by atoms with Crippen LogP contribution in [0, 0.1) is 0 Å². The van der Waals surface area contributed by atoms with Gasteiger partial charge in [0, 0.05) is 26.1 Å². The van der Waals surface area contributed by atoms with Gasteiger partial charge in [0.2, 0.25) is 0 Å². The Hall–Kier alpha value is -1.44. The van der Waals surface area contributed by atoms with Gasteiger partial charge in [-0.25, -0.2) is 0 Å². The molecule has 0 aliphatic carbocycles. The average Bonchev–Trinajstić information content (AvgIpc) is 2.89. The van der Waals surface area contributed by atoms with E-state index in [0.29, 0.717) is 26.1 Å². The largest absolute Gasteiger partial charge is 0.469 e. The number of hydrogen-bond acceptors (Lipinski definition) is 7. The molecule has 0 saturated carbocycles. The lowest BCUT2D eigenvalue weighted by Gasteiger charge is -2.24. The molecule has 0 radical (unpaired) electrons. The van der Waals surface area contributed by atoms with E-state index in [9.17, 15) is 9.59 Å². The van der Waals surface area contributed by atoms with Crippen LogP contribution in [0.1, 0.15) is 109 Å². The Bertz CT molecular complexity index is 552. The highest BCUT2D eigenvalue weighted by Crippen LogP contribution is 2.10. The third-order valence-corrected chi connectivity index (χ3v) is 6.55. The molecule has 7 heteroatoms. The van der Waals surface area contributed by atoms with Crippen LogP contribution in [0.4, 0.5) is 0 Å². The normalized spacial score (nSPS) is 12.4. The number of unbranched alkanes of at least 4 members (excludes halogenated alkanes) is 12. The summed E-state index contributed by atoms with van der Waals surface area (Å²) in [5.41, 5.74) is 0. The summed E-state index contributed by atoms with van der Waals surface area (Å²) < 4.78 is 21.1. The molecular weight excluding hydrogens is 470 g/mol. The zero-order valence-electron chi connectivity index (χ0n) is 24.5. The van der Waals surface area contributed by atoms with E-state index in [4.69, 9.17) is 9.47 Å². The van der Waals surface area contributed by atoms with Crippen LogP contribution in [-0.2, 0) is 28.5 Å². The van der Waals surface area contributed by atoms with Crippen molar-refractivity contribution in [3.8, 4) is 0 Å². The number of carbonyl (C=O) groups is 2. The first-order chi connectivity index (χ1) is 18.0. The number of rotatable bonds is 27. The maximum Gasteiger partial charge on any atom is 0.305 e. The molecule has 7 nitrogen and oxygen atoms in total. The molecule has 0 N–H and O–H groups in total. The van der Waals surface area contributed by atoms with Gasteiger partial charge in [0.25, 0.3) is 0 Å². The Balaban J connectivity index is 3.45. The summed E-state index contributed by atoms with van der Waals surface area (Å²) in [6.07, 6.45) is 22.8. The fourth-order valence-electron chi connectivity index (χ4n) is 3.93. The molecule has 0 heterocycles. The van der Waals surface area contributed by atoms with E-state index < -0.39 is 0 Å². The molecule has 0 saturated heterocycles. The number of carbonyl (C=O) groups excluding carboxylic acids is 2. The van der Waals surface area contributed by atoms with E-state index >= 15 is 0 Å². The van der Waals surface area contributed by atoms with Gasteiger partial charge in [-0.3, -0.25) is 9.59 Å². The number of nitrogens with zero attached hydrogens (tertiary/aromatic N) is 1. The maximum atomic E-state index is 11.1. The summed E-state index contributed by atoms with van der Waals surface area (Å²) in [6.45, 7) is 2.93. The van der Waals surface area contributed by atoms with Crippen molar-refractivity contribution in [2.75, 3.05) is 54.7 Å². The first-order valence-electron chi connectivity index (χ1n) is 14.6. The topological polar surface area (TPSA) is 74.3 Å². The van der Waals surface area contributed by atoms with Crippen molar-refractivity contribution in [1.29, 1.82) is 0 Å². The van der Waals surface area contributed by atoms with Gasteiger partial charge in [-0.2, -0.15) is 0 Å². The van der Waals surface area contributed by atoms with Crippen LogP contribution in [0.3, 0.4) is 0 Å². The SMILES string of the molecule is COC(=O)CCCCCCC=CCCCCCCCCOCC(COCCCCCC(=O)OC)N(C)C. The van der Waals surface area contributed by atoms with Gasteiger partial charge in [0.05, 0.1) is 33.5 Å². The molecule has 0 aromatic heterocycles. The number of methoxy groups -OCH3 is 2. The predicted molar refractivity (Wildman–Crippen MR) is 151 cm³/mol. The van der Waals surface area contributed by atoms with Crippen LogP contribution in [0.5, 0.6) is 0 Å². The van der Waals surface area contributed by atoms with Crippen LogP contribution in [-0.4, -0.2) is 77.6 Å². The summed E-state index contributed by atoms with van der Waals surface area (Å²) >= 11 is 0. The molecule has 0 aromatic rings. The van der Waals surface area contributed by atoms with Crippen molar-refractivity contribution in [3.05, 3.63) is 12.2 Å². The second-order valence-corrected chi connectivity index (χ2v) is 10.1. The first-order valence-corrected chi connectivity index (χ1v) is 14.6. The van der Waals surface area contributed by atoms with Crippen molar-refractivity contribution >= 4 is 11.9 Å². The fraction of sp³-hybridized carbons (Fsp3) is 0.867. The Morgan fingerprint density at radius 1 is 0.595 bits per heavy atom. The Morgan fingerprint density at radius 2 is 0.973 bits per heavy atom. The maximum absolute atomic E-state index is 11.1. The van der Waals surface area contributed by atoms with E-state index in [1.165, 1.54) is 65.6 Å². The van der Waals surface area contributed by atoms with E-state index in [-0.39, 0.29) is 18.0 Å². The third-order valence-electron chi connectivity index (χ3n) is 6.55. The highest BCUT2D eigenvalue weighted by atomic mass is 16.5. The zero-order chi connectivity index (χ0) is 27.4. The van der Waals surface area contributed by atoms with Crippen molar-refractivity contribution in [2.45, 2.75) is 115 Å². The summed E-state index contributed by atoms with van der Waals surface area (Å²) in [4.78, 5) is 24.3. The molecule has 0 bridgehead atoms. The Kier molecular flexibility index (Phi) is 26.5. The van der Waals surface area contributed by atoms with Gasteiger partial charge in [-0.05, 0) is 65.5 Å². The van der Waals surface area contributed by atoms with E-state index in [1.54, 1.807) is 0 Å². The second kappa shape index (κ2) is 27.6. The predicted octanol–water partition coefficient (Wildman–Crippen LogP) is 6.48. The summed E-state index contributed by atoms with van der Waals surface area (Å²) in [5.74, 6) is -0.232. The molecule has 0 amide bonds. The number of allylic oxidation sites excluding steroid dienone is 2. The molecule has 0 aliphatic rings. The number of ether oxygens (including phenoxy) is 4. The summed E-state index contributed by atoms with van der Waals surface area (Å²) in [6, 6.07) is 0.273. The highest BCUT2D eigenvalue weighted by Gasteiger charge is 2.11. The van der Waals surface area contributed by atoms with Crippen LogP contribution < -0.4 is 0 Å². The molecule has 0 rings (SSSR count). The van der Waals surface area contributed by atoms with Gasteiger partial charge in [-0.1, -0.05) is 57.1 Å². The lowest BCUT2D eigenvalue weighted by atomic mass is 10.1. The van der Waals surface area contributed by atoms with Crippen molar-refractivity contribution in [1.82, 2.24) is 4.90 Å². The minimum atomic E-state index is -0.136. The third kappa shape index (κ3) is 26.0. The molecular formula is C30H57NO6. The highest BCUT2D eigenvalue weighted by molar-refractivity contribution is 5.69. The Morgan fingerprint density at radius 3 is 1.41 bits per heavy atom. The minimum absolute atomic E-state index is 0.0955. The molecule has 0 aliphatic heterocycles. The molecule has 1 atom stereocenters. The molecule has 0 spiro atoms. The summed E-state index contributed by atoms with van der Waals surface area (Å²) in [5, 5.41) is 0. The van der Waals surface area contributed by atoms with Crippen LogP contribution in [0.2, 0.25) is 0 Å². The van der Waals surface area contributed by atoms with Crippen LogP contribution in [0.15, 0.2) is 12.2 Å². The van der Waals surface area contributed by atoms with Gasteiger partial charge >= 0.3 is 11.9 Å². The number of esters is 2. The van der Waals surface area contributed by atoms with E-state index in [1.807, 2.05) is 0 Å². The minimum Gasteiger partial charge on any atom is -0.469 e. The summed E-state index contributed by atoms with van der Waals surface area (Å²) in [7, 11) is 7.02. The Labute approximate surface area is 227 Å². The standard InChI is InChI=1S/C30H57NO6/c1-31(2)28(27-37-25-21-17-19-23-30(33)35-4)26-36-24-20-16-14-12-10-8-6-5-7-9-11-13-15-18-22-29(32)34-3/h5,7,28H,6,8-27H2,1-4H3. The lowest BCUT2D eigenvalue weighted by molar-refractivity contribution is -0.141. The second-order valence-electron chi connectivity index (χ2n) is 10.1. The lowest BCUT2D eigenvalue weighted by Crippen LogP contribution is -2.37. The molecule has 0 fully saturated rings. The van der Waals surface area contributed by atoms with Crippen molar-refractivity contribution in [3.63, 3.8) is 0 Å². The molecule has 1 unspecified atom stereocenters. The van der Waals surface area contributed by atoms with E-state index in [2.05, 4.69) is 40.6 Å². The van der Waals surface area contributed by atoms with Gasteiger partial charge < -0.3 is 23.8 Å². The monoisotopic (exact) mass is 527 g/mol. The molecule has 218 valence electrons. The van der Waals surface area contributed by atoms with Crippen LogP contribution in [0.25, 0.3) is 0 Å². The van der Waals surface area contributed by atoms with Gasteiger partial charge in [0.1, 0.15) is 0 Å². The van der Waals surface area contributed by atoms with E-state index in [0.717, 1.165) is 58.2 Å². The van der Waals surface area contributed by atoms with Crippen molar-refractivity contribution in [2.24, 2.45) is 0 Å². The van der Waals surface area contributed by atoms with Gasteiger partial charge in [0.15, 0.2) is 0 Å². The number of likely N-dealkylation sites (N-methyl/N-ethyl adjacent to an activating group) is 1. The first kappa shape index (κ1) is 35.6. The van der Waals surface area contributed by atoms with Gasteiger partial charge in [-0.15, -0.1) is 0 Å². The number of hydrogen-bond donors (Lipinski definition) is 0. The molecule has 0 aromatic carbocycles. The fourth-order valence-corrected chi connectivity index (χ4v) is 3.93. The smallest absolute Gasteiger partial charge is 0.305 e. The zero-order valence-corrected chi connectivity index (χ0v) is 24.5.